The third kappa shape index (κ3) is 1.12. The van der Waals surface area contributed by atoms with Gasteiger partial charge in [-0.15, -0.1) is 0 Å². The Morgan fingerprint density at radius 2 is 2.29 bits per heavy atom. The molecule has 0 spiro atoms. The molecule has 1 aliphatic rings. The first-order valence-electron chi connectivity index (χ1n) is 2.28. The Hall–Kier alpha value is -0.120. The van der Waals surface area contributed by atoms with Crippen LogP contribution in [0.25, 0.3) is 0 Å². The Balaban J connectivity index is 1.98. The Labute approximate surface area is 42.6 Å². The zero-order valence-corrected chi connectivity index (χ0v) is 4.47. The minimum Gasteiger partial charge on any atom is -0.351 e. The minimum atomic E-state index is 0.144. The topological polar surface area (TPSA) is 33.8 Å². The Bertz CT molecular complexity index is 66.7. The summed E-state index contributed by atoms with van der Waals surface area (Å²) in [6.45, 7) is 1.98. The number of nitrogens with one attached hydrogen (secondary N) is 1. The SMILES string of the molecule is CONC1O[C@H]1C. The van der Waals surface area contributed by atoms with Crippen LogP contribution in [0.1, 0.15) is 6.92 Å². The minimum absolute atomic E-state index is 0.144. The molecule has 1 heterocycles. The first-order valence-corrected chi connectivity index (χ1v) is 2.28. The third-order valence-corrected chi connectivity index (χ3v) is 0.945. The largest absolute Gasteiger partial charge is 0.351 e. The molecule has 0 amide bonds. The van der Waals surface area contributed by atoms with Crippen LogP contribution >= 0.6 is 0 Å². The van der Waals surface area contributed by atoms with Crippen LogP contribution < -0.4 is 5.48 Å². The molecule has 3 heteroatoms. The summed E-state index contributed by atoms with van der Waals surface area (Å²) >= 11 is 0. The molecule has 0 aliphatic carbocycles. The lowest BCUT2D eigenvalue weighted by atomic mass is 10.5. The highest BCUT2D eigenvalue weighted by atomic mass is 16.7. The summed E-state index contributed by atoms with van der Waals surface area (Å²) in [4.78, 5) is 4.56. The second-order valence-electron chi connectivity index (χ2n) is 1.58. The van der Waals surface area contributed by atoms with E-state index in [0.717, 1.165) is 0 Å². The molecule has 1 rings (SSSR count). The van der Waals surface area contributed by atoms with Crippen LogP contribution in [0.3, 0.4) is 0 Å². The molecule has 1 fully saturated rings. The zero-order valence-electron chi connectivity index (χ0n) is 4.47. The van der Waals surface area contributed by atoms with Crippen molar-refractivity contribution in [1.82, 2.24) is 5.48 Å². The molecule has 0 aromatic heterocycles. The van der Waals surface area contributed by atoms with Gasteiger partial charge in [0.05, 0.1) is 13.2 Å². The molecule has 0 bridgehead atoms. The predicted octanol–water partition coefficient (Wildman–Crippen LogP) is -0.118. The van der Waals surface area contributed by atoms with Gasteiger partial charge in [0.15, 0.2) is 6.23 Å². The van der Waals surface area contributed by atoms with Crippen LogP contribution in [0.15, 0.2) is 0 Å². The van der Waals surface area contributed by atoms with E-state index in [1.54, 1.807) is 7.11 Å². The molecule has 1 unspecified atom stereocenters. The summed E-state index contributed by atoms with van der Waals surface area (Å²) in [6.07, 6.45) is 0.477. The van der Waals surface area contributed by atoms with E-state index in [0.29, 0.717) is 6.10 Å². The van der Waals surface area contributed by atoms with Crippen molar-refractivity contribution in [1.29, 1.82) is 0 Å². The molecule has 1 N–H and O–H groups in total. The van der Waals surface area contributed by atoms with Gasteiger partial charge in [-0.25, -0.2) is 0 Å². The van der Waals surface area contributed by atoms with Gasteiger partial charge in [0.25, 0.3) is 0 Å². The molecule has 7 heavy (non-hydrogen) atoms. The molecule has 1 saturated heterocycles. The maximum absolute atomic E-state index is 4.92. The number of rotatable bonds is 2. The van der Waals surface area contributed by atoms with Crippen molar-refractivity contribution < 1.29 is 9.57 Å². The molecular weight excluding hydrogens is 94.0 g/mol. The van der Waals surface area contributed by atoms with E-state index in [9.17, 15) is 0 Å². The lowest BCUT2D eigenvalue weighted by Crippen LogP contribution is -2.16. The first-order chi connectivity index (χ1) is 3.34. The quantitative estimate of drug-likeness (QED) is 0.391. The van der Waals surface area contributed by atoms with Crippen LogP contribution in [0.4, 0.5) is 0 Å². The highest BCUT2D eigenvalue weighted by Crippen LogP contribution is 2.16. The van der Waals surface area contributed by atoms with Gasteiger partial charge < -0.3 is 9.57 Å². The van der Waals surface area contributed by atoms with Gasteiger partial charge in [0.1, 0.15) is 0 Å². The molecule has 1 aliphatic heterocycles. The number of hydroxylamine groups is 1. The van der Waals surface area contributed by atoms with E-state index in [1.807, 2.05) is 6.92 Å². The van der Waals surface area contributed by atoms with Crippen molar-refractivity contribution in [2.75, 3.05) is 7.11 Å². The summed E-state index contributed by atoms with van der Waals surface area (Å²) in [7, 11) is 1.58. The molecule has 0 aromatic rings. The second kappa shape index (κ2) is 1.78. The van der Waals surface area contributed by atoms with Gasteiger partial charge in [-0.1, -0.05) is 0 Å². The van der Waals surface area contributed by atoms with Gasteiger partial charge in [0.2, 0.25) is 0 Å². The van der Waals surface area contributed by atoms with E-state index in [2.05, 4.69) is 10.3 Å². The lowest BCUT2D eigenvalue weighted by Gasteiger charge is -1.90. The summed E-state index contributed by atoms with van der Waals surface area (Å²) in [5, 5.41) is 0. The summed E-state index contributed by atoms with van der Waals surface area (Å²) in [6, 6.07) is 0. The van der Waals surface area contributed by atoms with Crippen LogP contribution in [0.5, 0.6) is 0 Å². The van der Waals surface area contributed by atoms with Crippen molar-refractivity contribution in [2.24, 2.45) is 0 Å². The maximum atomic E-state index is 4.92. The van der Waals surface area contributed by atoms with Gasteiger partial charge in [-0.05, 0) is 6.92 Å². The average molecular weight is 103 g/mol. The predicted molar refractivity (Wildman–Crippen MR) is 24.5 cm³/mol. The zero-order chi connectivity index (χ0) is 5.28. The van der Waals surface area contributed by atoms with E-state index in [-0.39, 0.29) is 6.23 Å². The molecule has 0 saturated carbocycles. The first kappa shape index (κ1) is 5.03. The number of epoxide rings is 1. The summed E-state index contributed by atoms with van der Waals surface area (Å²) in [5.41, 5.74) is 2.65. The maximum Gasteiger partial charge on any atom is 0.156 e. The Morgan fingerprint density at radius 1 is 1.71 bits per heavy atom. The fraction of sp³-hybridized carbons (Fsp3) is 1.00. The molecule has 0 radical (unpaired) electrons. The van der Waals surface area contributed by atoms with Gasteiger partial charge >= 0.3 is 0 Å². The smallest absolute Gasteiger partial charge is 0.156 e. The molecule has 0 aromatic carbocycles. The van der Waals surface area contributed by atoms with Crippen molar-refractivity contribution in [2.45, 2.75) is 19.3 Å². The average Bonchev–Trinajstić information content (AvgIpc) is 2.22. The second-order valence-corrected chi connectivity index (χ2v) is 1.58. The third-order valence-electron chi connectivity index (χ3n) is 0.945. The van der Waals surface area contributed by atoms with E-state index in [4.69, 9.17) is 4.74 Å². The summed E-state index contributed by atoms with van der Waals surface area (Å²) in [5.74, 6) is 0. The van der Waals surface area contributed by atoms with Crippen molar-refractivity contribution >= 4 is 0 Å². The monoisotopic (exact) mass is 103 g/mol. The molecular formula is C4H9NO2. The number of hydrogen-bond donors (Lipinski definition) is 1. The van der Waals surface area contributed by atoms with E-state index < -0.39 is 0 Å². The van der Waals surface area contributed by atoms with Gasteiger partial charge in [0, 0.05) is 0 Å². The van der Waals surface area contributed by atoms with Crippen LogP contribution in [0.2, 0.25) is 0 Å². The highest BCUT2D eigenvalue weighted by molar-refractivity contribution is 4.73. The lowest BCUT2D eigenvalue weighted by molar-refractivity contribution is 0.0590. The van der Waals surface area contributed by atoms with Crippen molar-refractivity contribution in [3.63, 3.8) is 0 Å². The van der Waals surface area contributed by atoms with E-state index in [1.165, 1.54) is 0 Å². The van der Waals surface area contributed by atoms with Crippen LogP contribution in [0, 0.1) is 0 Å². The molecule has 2 atom stereocenters. The van der Waals surface area contributed by atoms with Gasteiger partial charge in [-0.2, -0.15) is 5.48 Å². The van der Waals surface area contributed by atoms with Crippen molar-refractivity contribution in [3.05, 3.63) is 0 Å². The van der Waals surface area contributed by atoms with Gasteiger partial charge in [-0.3, -0.25) is 0 Å². The Kier molecular flexibility index (Phi) is 1.27. The van der Waals surface area contributed by atoms with Crippen LogP contribution in [-0.2, 0) is 9.57 Å². The standard InChI is InChI=1S/C4H9NO2/c1-3-4(7-3)5-6-2/h3-5H,1-2H3/t3-,4?/m0/s1. The normalized spacial score (nSPS) is 38.6. The highest BCUT2D eigenvalue weighted by Gasteiger charge is 2.33. The molecule has 3 nitrogen and oxygen atoms in total. The Morgan fingerprint density at radius 3 is 2.43 bits per heavy atom. The van der Waals surface area contributed by atoms with Crippen LogP contribution in [-0.4, -0.2) is 19.4 Å². The van der Waals surface area contributed by atoms with Crippen molar-refractivity contribution in [3.8, 4) is 0 Å². The fourth-order valence-corrected chi connectivity index (χ4v) is 0.426. The number of ether oxygens (including phenoxy) is 1. The number of hydrogen-bond acceptors (Lipinski definition) is 3. The summed E-state index contributed by atoms with van der Waals surface area (Å²) < 4.78 is 4.92. The van der Waals surface area contributed by atoms with E-state index >= 15 is 0 Å². The fourth-order valence-electron chi connectivity index (χ4n) is 0.426. The molecule has 42 valence electrons.